The van der Waals surface area contributed by atoms with Crippen molar-refractivity contribution in [3.8, 4) is 5.75 Å². The van der Waals surface area contributed by atoms with E-state index in [9.17, 15) is 4.79 Å². The highest BCUT2D eigenvalue weighted by atomic mass is 16.5. The molecule has 0 saturated carbocycles. The topological polar surface area (TPSA) is 75.4 Å². The van der Waals surface area contributed by atoms with Gasteiger partial charge in [0.15, 0.2) is 0 Å². The van der Waals surface area contributed by atoms with Gasteiger partial charge in [-0.1, -0.05) is 17.3 Å². The minimum atomic E-state index is -0.260. The van der Waals surface area contributed by atoms with Crippen LogP contribution in [0.2, 0.25) is 0 Å². The van der Waals surface area contributed by atoms with Crippen molar-refractivity contribution >= 4 is 5.91 Å². The van der Waals surface area contributed by atoms with Crippen LogP contribution in [0.1, 0.15) is 21.7 Å². The first-order valence-corrected chi connectivity index (χ1v) is 5.64. The molecular formula is C13H14N2O3. The molecule has 5 heteroatoms. The van der Waals surface area contributed by atoms with Gasteiger partial charge >= 0.3 is 0 Å². The van der Waals surface area contributed by atoms with Gasteiger partial charge in [-0.05, 0) is 31.0 Å². The summed E-state index contributed by atoms with van der Waals surface area (Å²) in [5, 5.41) is 15.4. The summed E-state index contributed by atoms with van der Waals surface area (Å²) in [4.78, 5) is 11.7. The molecule has 0 atom stereocenters. The molecule has 0 radical (unpaired) electrons. The van der Waals surface area contributed by atoms with E-state index in [0.717, 1.165) is 11.1 Å². The van der Waals surface area contributed by atoms with Gasteiger partial charge in [0.05, 0.1) is 6.20 Å². The first-order chi connectivity index (χ1) is 8.66. The highest BCUT2D eigenvalue weighted by molar-refractivity contribution is 5.92. The minimum Gasteiger partial charge on any atom is -0.508 e. The molecule has 0 fully saturated rings. The molecule has 1 aromatic carbocycles. The Morgan fingerprint density at radius 1 is 1.39 bits per heavy atom. The van der Waals surface area contributed by atoms with Crippen molar-refractivity contribution in [2.45, 2.75) is 13.3 Å². The molecule has 0 bridgehead atoms. The molecule has 0 spiro atoms. The third-order valence-electron chi connectivity index (χ3n) is 2.59. The molecule has 2 aromatic rings. The number of hydrogen-bond acceptors (Lipinski definition) is 4. The fourth-order valence-electron chi connectivity index (χ4n) is 1.57. The largest absolute Gasteiger partial charge is 0.508 e. The maximum absolute atomic E-state index is 11.7. The smallest absolute Gasteiger partial charge is 0.290 e. The second-order valence-corrected chi connectivity index (χ2v) is 4.01. The maximum atomic E-state index is 11.7. The van der Waals surface area contributed by atoms with Gasteiger partial charge in [0.2, 0.25) is 5.76 Å². The van der Waals surface area contributed by atoms with Crippen LogP contribution in [0, 0.1) is 6.92 Å². The summed E-state index contributed by atoms with van der Waals surface area (Å²) in [6.07, 6.45) is 2.20. The standard InChI is InChI=1S/C13H14N2O3/c1-9-8-15-18-12(9)13(17)14-7-6-10-2-4-11(16)5-3-10/h2-5,8,16H,6-7H2,1H3,(H,14,17). The van der Waals surface area contributed by atoms with Crippen molar-refractivity contribution in [3.05, 3.63) is 47.3 Å². The van der Waals surface area contributed by atoms with Crippen LogP contribution in [-0.4, -0.2) is 22.7 Å². The fourth-order valence-corrected chi connectivity index (χ4v) is 1.57. The lowest BCUT2D eigenvalue weighted by Gasteiger charge is -2.03. The zero-order valence-corrected chi connectivity index (χ0v) is 10.0. The Kier molecular flexibility index (Phi) is 3.62. The average Bonchev–Trinajstić information content (AvgIpc) is 2.78. The van der Waals surface area contributed by atoms with Crippen LogP contribution in [0.4, 0.5) is 0 Å². The van der Waals surface area contributed by atoms with Gasteiger partial charge in [-0.3, -0.25) is 4.79 Å². The average molecular weight is 246 g/mol. The van der Waals surface area contributed by atoms with E-state index in [1.165, 1.54) is 6.20 Å². The van der Waals surface area contributed by atoms with Crippen LogP contribution in [0.3, 0.4) is 0 Å². The summed E-state index contributed by atoms with van der Waals surface area (Å²) in [6.45, 7) is 2.27. The number of benzene rings is 1. The van der Waals surface area contributed by atoms with E-state index in [4.69, 9.17) is 9.63 Å². The number of rotatable bonds is 4. The number of carbonyl (C=O) groups is 1. The van der Waals surface area contributed by atoms with E-state index in [-0.39, 0.29) is 17.4 Å². The summed E-state index contributed by atoms with van der Waals surface area (Å²) in [6, 6.07) is 6.89. The fraction of sp³-hybridized carbons (Fsp3) is 0.231. The number of nitrogens with one attached hydrogen (secondary N) is 1. The van der Waals surface area contributed by atoms with Crippen LogP contribution in [0.25, 0.3) is 0 Å². The first kappa shape index (κ1) is 12.2. The normalized spacial score (nSPS) is 10.3. The third-order valence-corrected chi connectivity index (χ3v) is 2.59. The molecular weight excluding hydrogens is 232 g/mol. The zero-order chi connectivity index (χ0) is 13.0. The van der Waals surface area contributed by atoms with Crippen molar-refractivity contribution in [1.29, 1.82) is 0 Å². The molecule has 1 amide bonds. The first-order valence-electron chi connectivity index (χ1n) is 5.64. The van der Waals surface area contributed by atoms with Gasteiger partial charge in [-0.25, -0.2) is 0 Å². The number of nitrogens with zero attached hydrogens (tertiary/aromatic N) is 1. The monoisotopic (exact) mass is 246 g/mol. The molecule has 0 saturated heterocycles. The number of aromatic hydroxyl groups is 1. The highest BCUT2D eigenvalue weighted by Gasteiger charge is 2.12. The van der Waals surface area contributed by atoms with Crippen molar-refractivity contribution in [2.24, 2.45) is 0 Å². The molecule has 5 nitrogen and oxygen atoms in total. The quantitative estimate of drug-likeness (QED) is 0.860. The molecule has 0 unspecified atom stereocenters. The van der Waals surface area contributed by atoms with E-state index in [0.29, 0.717) is 13.0 Å². The lowest BCUT2D eigenvalue weighted by Crippen LogP contribution is -2.25. The van der Waals surface area contributed by atoms with E-state index in [1.54, 1.807) is 19.1 Å². The van der Waals surface area contributed by atoms with E-state index in [2.05, 4.69) is 10.5 Å². The number of hydrogen-bond donors (Lipinski definition) is 2. The Balaban J connectivity index is 1.84. The summed E-state index contributed by atoms with van der Waals surface area (Å²) < 4.78 is 4.85. The molecule has 18 heavy (non-hydrogen) atoms. The summed E-state index contributed by atoms with van der Waals surface area (Å²) in [5.41, 5.74) is 1.76. The lowest BCUT2D eigenvalue weighted by atomic mass is 10.1. The van der Waals surface area contributed by atoms with Crippen LogP contribution >= 0.6 is 0 Å². The van der Waals surface area contributed by atoms with Crippen LogP contribution in [-0.2, 0) is 6.42 Å². The molecule has 2 rings (SSSR count). The molecule has 0 aliphatic carbocycles. The summed E-state index contributed by atoms with van der Waals surface area (Å²) >= 11 is 0. The van der Waals surface area contributed by atoms with Crippen LogP contribution in [0.15, 0.2) is 35.0 Å². The van der Waals surface area contributed by atoms with Gasteiger partial charge in [0.25, 0.3) is 5.91 Å². The number of phenolic OH excluding ortho intramolecular Hbond substituents is 1. The van der Waals surface area contributed by atoms with Crippen molar-refractivity contribution in [1.82, 2.24) is 10.5 Å². The van der Waals surface area contributed by atoms with Gasteiger partial charge < -0.3 is 14.9 Å². The SMILES string of the molecule is Cc1cnoc1C(=O)NCCc1ccc(O)cc1. The lowest BCUT2D eigenvalue weighted by molar-refractivity contribution is 0.0916. The Morgan fingerprint density at radius 3 is 2.72 bits per heavy atom. The maximum Gasteiger partial charge on any atom is 0.290 e. The third kappa shape index (κ3) is 2.88. The Morgan fingerprint density at radius 2 is 2.11 bits per heavy atom. The van der Waals surface area contributed by atoms with E-state index in [1.807, 2.05) is 12.1 Å². The Hall–Kier alpha value is -2.30. The van der Waals surface area contributed by atoms with Crippen molar-refractivity contribution in [2.75, 3.05) is 6.54 Å². The predicted octanol–water partition coefficient (Wildman–Crippen LogP) is 1.66. The summed E-state index contributed by atoms with van der Waals surface area (Å²) in [7, 11) is 0. The predicted molar refractivity (Wildman–Crippen MR) is 65.4 cm³/mol. The Bertz CT molecular complexity index is 531. The van der Waals surface area contributed by atoms with Crippen LogP contribution in [0.5, 0.6) is 5.75 Å². The van der Waals surface area contributed by atoms with Gasteiger partial charge in [-0.2, -0.15) is 0 Å². The van der Waals surface area contributed by atoms with E-state index < -0.39 is 0 Å². The molecule has 1 heterocycles. The van der Waals surface area contributed by atoms with Crippen LogP contribution < -0.4 is 5.32 Å². The number of amides is 1. The molecule has 94 valence electrons. The number of aromatic nitrogens is 1. The second-order valence-electron chi connectivity index (χ2n) is 4.01. The Labute approximate surface area is 104 Å². The molecule has 2 N–H and O–H groups in total. The highest BCUT2D eigenvalue weighted by Crippen LogP contribution is 2.10. The van der Waals surface area contributed by atoms with E-state index >= 15 is 0 Å². The van der Waals surface area contributed by atoms with Gasteiger partial charge in [0, 0.05) is 12.1 Å². The second kappa shape index (κ2) is 5.35. The molecule has 0 aliphatic rings. The summed E-state index contributed by atoms with van der Waals surface area (Å²) in [5.74, 6) is 0.226. The minimum absolute atomic E-state index is 0.236. The van der Waals surface area contributed by atoms with Gasteiger partial charge in [-0.15, -0.1) is 0 Å². The zero-order valence-electron chi connectivity index (χ0n) is 10.0. The van der Waals surface area contributed by atoms with Gasteiger partial charge in [0.1, 0.15) is 5.75 Å². The van der Waals surface area contributed by atoms with Crippen molar-refractivity contribution < 1.29 is 14.4 Å². The van der Waals surface area contributed by atoms with Crippen molar-refractivity contribution in [3.63, 3.8) is 0 Å². The molecule has 0 aliphatic heterocycles. The number of phenols is 1. The number of carbonyl (C=O) groups excluding carboxylic acids is 1. The molecule has 1 aromatic heterocycles. The number of aryl methyl sites for hydroxylation is 1.